The molecule has 2 saturated heterocycles. The van der Waals surface area contributed by atoms with E-state index in [9.17, 15) is 4.79 Å². The van der Waals surface area contributed by atoms with Crippen LogP contribution in [0.15, 0.2) is 66.3 Å². The van der Waals surface area contributed by atoms with Crippen LogP contribution in [0.5, 0.6) is 11.5 Å². The molecule has 0 radical (unpaired) electrons. The normalized spacial score (nSPS) is 16.8. The first kappa shape index (κ1) is 32.1. The lowest BCUT2D eigenvalue weighted by molar-refractivity contribution is -0.0924. The molecule has 0 unspecified atom stereocenters. The summed E-state index contributed by atoms with van der Waals surface area (Å²) in [5, 5.41) is 13.5. The van der Waals surface area contributed by atoms with E-state index in [1.165, 1.54) is 11.3 Å². The van der Waals surface area contributed by atoms with E-state index in [4.69, 9.17) is 14.2 Å². The van der Waals surface area contributed by atoms with Crippen molar-refractivity contribution < 1.29 is 19.0 Å². The van der Waals surface area contributed by atoms with Gasteiger partial charge in [0, 0.05) is 56.3 Å². The number of anilines is 2. The van der Waals surface area contributed by atoms with Crippen molar-refractivity contribution in [3.05, 3.63) is 77.6 Å². The van der Waals surface area contributed by atoms with Gasteiger partial charge in [-0.15, -0.1) is 11.3 Å². The molecule has 4 heterocycles. The largest absolute Gasteiger partial charge is 0.457 e. The van der Waals surface area contributed by atoms with E-state index in [0.717, 1.165) is 79.6 Å². The zero-order valence-corrected chi connectivity index (χ0v) is 27.8. The smallest absolute Gasteiger partial charge is 0.275 e. The van der Waals surface area contributed by atoms with Crippen molar-refractivity contribution in [2.45, 2.75) is 44.6 Å². The molecule has 0 aliphatic carbocycles. The number of amides is 1. The summed E-state index contributed by atoms with van der Waals surface area (Å²) < 4.78 is 18.4. The van der Waals surface area contributed by atoms with Crippen LogP contribution in [0.25, 0.3) is 10.6 Å². The third-order valence-corrected chi connectivity index (χ3v) is 9.51. The number of nitrogens with zero attached hydrogens (tertiary/aromatic N) is 5. The summed E-state index contributed by atoms with van der Waals surface area (Å²) in [6.07, 6.45) is 5.14. The number of rotatable bonds is 9. The lowest BCUT2D eigenvalue weighted by Gasteiger charge is -2.49. The first-order chi connectivity index (χ1) is 22.2. The summed E-state index contributed by atoms with van der Waals surface area (Å²) in [5.74, 6) is 1.26. The van der Waals surface area contributed by atoms with Crippen LogP contribution < -0.4 is 15.0 Å². The molecule has 6 rings (SSSR count). The van der Waals surface area contributed by atoms with E-state index in [1.54, 1.807) is 24.9 Å². The summed E-state index contributed by atoms with van der Waals surface area (Å²) in [4.78, 5) is 23.2. The van der Waals surface area contributed by atoms with Crippen LogP contribution in [-0.4, -0.2) is 84.6 Å². The molecule has 0 bridgehead atoms. The van der Waals surface area contributed by atoms with Gasteiger partial charge >= 0.3 is 0 Å². The van der Waals surface area contributed by atoms with E-state index in [1.807, 2.05) is 48.5 Å². The third-order valence-electron chi connectivity index (χ3n) is 8.62. The maximum absolute atomic E-state index is 13.8. The molecule has 2 aromatic carbocycles. The summed E-state index contributed by atoms with van der Waals surface area (Å²) in [7, 11) is 1.75. The Labute approximate surface area is 274 Å². The molecule has 1 N–H and O–H groups in total. The predicted octanol–water partition coefficient (Wildman–Crippen LogP) is 6.26. The molecular weight excluding hydrogens is 600 g/mol. The number of morpholine rings is 1. The Morgan fingerprint density at radius 1 is 1.07 bits per heavy atom. The number of aromatic nitrogens is 3. The Hall–Kier alpha value is -3.90. The molecule has 1 spiro atoms. The fourth-order valence-corrected chi connectivity index (χ4v) is 7.08. The zero-order chi connectivity index (χ0) is 32.1. The van der Waals surface area contributed by atoms with Gasteiger partial charge in [-0.3, -0.25) is 4.79 Å². The van der Waals surface area contributed by atoms with Gasteiger partial charge in [0.15, 0.2) is 0 Å². The number of piperidine rings is 1. The van der Waals surface area contributed by atoms with Crippen LogP contribution >= 0.6 is 11.3 Å². The summed E-state index contributed by atoms with van der Waals surface area (Å²) in [5.41, 5.74) is 3.33. The minimum Gasteiger partial charge on any atom is -0.457 e. The number of hydrogen-bond donors (Lipinski definition) is 1. The molecule has 2 fully saturated rings. The van der Waals surface area contributed by atoms with Gasteiger partial charge in [-0.1, -0.05) is 39.0 Å². The molecule has 242 valence electrons. The molecule has 1 amide bonds. The van der Waals surface area contributed by atoms with Gasteiger partial charge in [-0.25, -0.2) is 4.98 Å². The average molecular weight is 643 g/mol. The number of carbonyl (C=O) groups excluding carboxylic acids is 1. The SMILES string of the molecule is COCCN1CCC2(CC1)CN(c1c(NC(=O)c3csc(-c4ccnnc4)n3)ccc(Oc3ccccc3)c1C(C)(C)C)CCO2. The quantitative estimate of drug-likeness (QED) is 0.227. The van der Waals surface area contributed by atoms with E-state index in [-0.39, 0.29) is 16.9 Å². The number of nitrogens with one attached hydrogen (secondary N) is 1. The number of likely N-dealkylation sites (tertiary alicyclic amines) is 1. The number of methoxy groups -OCH3 is 1. The highest BCUT2D eigenvalue weighted by Crippen LogP contribution is 2.47. The minimum absolute atomic E-state index is 0.267. The van der Waals surface area contributed by atoms with Crippen LogP contribution in [0.4, 0.5) is 11.4 Å². The van der Waals surface area contributed by atoms with Crippen molar-refractivity contribution in [3.8, 4) is 22.1 Å². The number of para-hydroxylation sites is 1. The summed E-state index contributed by atoms with van der Waals surface area (Å²) in [6.45, 7) is 12.2. The number of benzene rings is 2. The zero-order valence-electron chi connectivity index (χ0n) is 27.0. The highest BCUT2D eigenvalue weighted by Gasteiger charge is 2.42. The first-order valence-corrected chi connectivity index (χ1v) is 16.7. The van der Waals surface area contributed by atoms with E-state index in [0.29, 0.717) is 23.9 Å². The lowest BCUT2D eigenvalue weighted by atomic mass is 9.83. The standard InChI is InChI=1S/C35H42N6O4S/c1-34(2,3)30-29(45-26-8-6-5-7-9-26)11-10-27(38-32(42)28-23-46-33(39-28)25-12-15-36-37-22-25)31(30)41-19-21-44-35(24-41)13-16-40(17-14-35)18-20-43-4/h5-12,15,22-23H,13-14,16-21,24H2,1-4H3,(H,38,42). The second kappa shape index (κ2) is 13.8. The molecule has 0 atom stereocenters. The maximum Gasteiger partial charge on any atom is 0.275 e. The van der Waals surface area contributed by atoms with Crippen molar-refractivity contribution in [2.75, 3.05) is 63.3 Å². The highest BCUT2D eigenvalue weighted by atomic mass is 32.1. The topological polar surface area (TPSA) is 102 Å². The van der Waals surface area contributed by atoms with Crippen molar-refractivity contribution >= 4 is 28.6 Å². The third kappa shape index (κ3) is 7.23. The second-order valence-corrected chi connectivity index (χ2v) is 13.8. The van der Waals surface area contributed by atoms with Crippen molar-refractivity contribution in [3.63, 3.8) is 0 Å². The molecule has 0 saturated carbocycles. The predicted molar refractivity (Wildman–Crippen MR) is 181 cm³/mol. The molecule has 10 nitrogen and oxygen atoms in total. The van der Waals surface area contributed by atoms with Gasteiger partial charge in [-0.05, 0) is 48.6 Å². The van der Waals surface area contributed by atoms with E-state index >= 15 is 0 Å². The van der Waals surface area contributed by atoms with Crippen LogP contribution in [-0.2, 0) is 14.9 Å². The molecule has 2 aliphatic rings. The second-order valence-electron chi connectivity index (χ2n) is 12.9. The summed E-state index contributed by atoms with van der Waals surface area (Å²) in [6, 6.07) is 15.6. The van der Waals surface area contributed by atoms with Crippen molar-refractivity contribution in [1.82, 2.24) is 20.1 Å². The molecule has 46 heavy (non-hydrogen) atoms. The van der Waals surface area contributed by atoms with E-state index in [2.05, 4.69) is 51.1 Å². The van der Waals surface area contributed by atoms with E-state index < -0.39 is 0 Å². The lowest BCUT2D eigenvalue weighted by Crippen LogP contribution is -2.57. The van der Waals surface area contributed by atoms with Crippen LogP contribution in [0, 0.1) is 0 Å². The fourth-order valence-electron chi connectivity index (χ4n) is 6.28. The number of thiazole rings is 1. The van der Waals surface area contributed by atoms with Crippen LogP contribution in [0.3, 0.4) is 0 Å². The fraction of sp³-hybridized carbons (Fsp3) is 0.429. The van der Waals surface area contributed by atoms with Crippen molar-refractivity contribution in [1.29, 1.82) is 0 Å². The van der Waals surface area contributed by atoms with Crippen molar-refractivity contribution in [2.24, 2.45) is 0 Å². The van der Waals surface area contributed by atoms with Crippen LogP contribution in [0.2, 0.25) is 0 Å². The number of hydrogen-bond acceptors (Lipinski definition) is 10. The Balaban J connectivity index is 1.35. The van der Waals surface area contributed by atoms with Gasteiger partial charge in [0.05, 0.1) is 42.6 Å². The van der Waals surface area contributed by atoms with Crippen LogP contribution in [0.1, 0.15) is 49.7 Å². The maximum atomic E-state index is 13.8. The van der Waals surface area contributed by atoms with Gasteiger partial charge in [-0.2, -0.15) is 10.2 Å². The monoisotopic (exact) mass is 642 g/mol. The van der Waals surface area contributed by atoms with Gasteiger partial charge < -0.3 is 29.3 Å². The molecular formula is C35H42N6O4S. The molecule has 2 aromatic heterocycles. The molecule has 2 aliphatic heterocycles. The Morgan fingerprint density at radius 3 is 2.59 bits per heavy atom. The van der Waals surface area contributed by atoms with Gasteiger partial charge in [0.25, 0.3) is 5.91 Å². The molecule has 4 aromatic rings. The Morgan fingerprint density at radius 2 is 1.87 bits per heavy atom. The van der Waals surface area contributed by atoms with Gasteiger partial charge in [0.2, 0.25) is 0 Å². The average Bonchev–Trinajstić information content (AvgIpc) is 3.56. The Bertz CT molecular complexity index is 1620. The molecule has 11 heteroatoms. The summed E-state index contributed by atoms with van der Waals surface area (Å²) >= 11 is 1.41. The highest BCUT2D eigenvalue weighted by molar-refractivity contribution is 7.13. The first-order valence-electron chi connectivity index (χ1n) is 15.8. The Kier molecular flexibility index (Phi) is 9.65. The number of ether oxygens (including phenoxy) is 3. The van der Waals surface area contributed by atoms with Gasteiger partial charge in [0.1, 0.15) is 22.2 Å². The number of carbonyl (C=O) groups is 1. The minimum atomic E-state index is -0.308.